The van der Waals surface area contributed by atoms with Gasteiger partial charge in [-0.25, -0.2) is 14.2 Å². The van der Waals surface area contributed by atoms with Crippen molar-refractivity contribution in [3.8, 4) is 0 Å². The first-order valence-electron chi connectivity index (χ1n) is 6.91. The predicted molar refractivity (Wildman–Crippen MR) is 84.1 cm³/mol. The molecule has 8 heteroatoms. The second-order valence-corrected chi connectivity index (χ2v) is 7.10. The summed E-state index contributed by atoms with van der Waals surface area (Å²) in [6, 6.07) is 11.1. The van der Waals surface area contributed by atoms with E-state index < -0.39 is 27.5 Å². The Morgan fingerprint density at radius 3 is 2.26 bits per heavy atom. The minimum absolute atomic E-state index is 0.122. The van der Waals surface area contributed by atoms with Crippen LogP contribution in [0.3, 0.4) is 0 Å². The molecule has 1 aromatic heterocycles. The lowest BCUT2D eigenvalue weighted by Gasteiger charge is -2.04. The van der Waals surface area contributed by atoms with Crippen molar-refractivity contribution in [1.82, 2.24) is 8.71 Å². The fraction of sp³-hybridized carbons (Fsp3) is 0.200. The van der Waals surface area contributed by atoms with Crippen LogP contribution < -0.4 is 11.4 Å². The van der Waals surface area contributed by atoms with E-state index >= 15 is 0 Å². The molecule has 0 aliphatic rings. The van der Waals surface area contributed by atoms with Gasteiger partial charge < -0.3 is 4.52 Å². The number of aromatic nitrogens is 2. The molecule has 0 saturated heterocycles. The normalized spacial score (nSPS) is 12.1. The highest BCUT2D eigenvalue weighted by atomic mass is 32.2. The van der Waals surface area contributed by atoms with Gasteiger partial charge in [0.15, 0.2) is 0 Å². The summed E-state index contributed by atoms with van der Waals surface area (Å²) in [6.45, 7) is 3.18. The van der Waals surface area contributed by atoms with Crippen molar-refractivity contribution < 1.29 is 12.9 Å². The molecule has 3 aromatic rings. The van der Waals surface area contributed by atoms with E-state index in [0.29, 0.717) is 5.39 Å². The van der Waals surface area contributed by atoms with Gasteiger partial charge in [-0.15, -0.1) is 0 Å². The molecule has 0 saturated carbocycles. The quantitative estimate of drug-likeness (QED) is 0.725. The zero-order valence-electron chi connectivity index (χ0n) is 12.5. The van der Waals surface area contributed by atoms with Gasteiger partial charge in [-0.1, -0.05) is 30.3 Å². The smallest absolute Gasteiger partial charge is 0.301 e. The van der Waals surface area contributed by atoms with E-state index in [0.717, 1.165) is 9.95 Å². The van der Waals surface area contributed by atoms with Gasteiger partial charge in [0.1, 0.15) is 0 Å². The first-order valence-corrected chi connectivity index (χ1v) is 8.35. The second kappa shape index (κ2) is 5.24. The Hall–Kier alpha value is -2.61. The number of fused-ring (bicyclic) bond motifs is 1. The Morgan fingerprint density at radius 2 is 1.65 bits per heavy atom. The molecule has 0 radical (unpaired) electrons. The summed E-state index contributed by atoms with van der Waals surface area (Å²) in [6.07, 6.45) is 0. The summed E-state index contributed by atoms with van der Waals surface area (Å²) in [5, 5.41) is 1.56. The second-order valence-electron chi connectivity index (χ2n) is 5.34. The molecule has 0 N–H and O–H groups in total. The molecule has 2 aromatic carbocycles. The highest BCUT2D eigenvalue weighted by Crippen LogP contribution is 2.20. The monoisotopic (exact) mass is 334 g/mol. The third-order valence-electron chi connectivity index (χ3n) is 3.47. The topological polar surface area (TPSA) is 91.3 Å². The molecule has 23 heavy (non-hydrogen) atoms. The van der Waals surface area contributed by atoms with Crippen molar-refractivity contribution >= 4 is 20.8 Å². The molecule has 0 amide bonds. The van der Waals surface area contributed by atoms with Crippen LogP contribution in [0.2, 0.25) is 0 Å². The van der Waals surface area contributed by atoms with Crippen LogP contribution in [0.5, 0.6) is 0 Å². The average molecular weight is 334 g/mol. The van der Waals surface area contributed by atoms with Crippen LogP contribution in [0.25, 0.3) is 10.8 Å². The summed E-state index contributed by atoms with van der Waals surface area (Å²) in [7, 11) is -4.28. The van der Waals surface area contributed by atoms with Gasteiger partial charge in [0.25, 0.3) is 10.0 Å². The standard InChI is InChI=1S/C15H14N2O5S/c1-10(2)16-14(18)17(22-15(16)19)23(20,21)13-8-7-11-5-3-4-6-12(11)9-13/h3-10H,1-2H3. The van der Waals surface area contributed by atoms with E-state index in [2.05, 4.69) is 4.52 Å². The van der Waals surface area contributed by atoms with Crippen LogP contribution in [-0.2, 0) is 10.0 Å². The van der Waals surface area contributed by atoms with Gasteiger partial charge in [-0.3, -0.25) is 0 Å². The van der Waals surface area contributed by atoms with Gasteiger partial charge in [0.05, 0.1) is 4.90 Å². The highest BCUT2D eigenvalue weighted by Gasteiger charge is 2.26. The van der Waals surface area contributed by atoms with E-state index in [-0.39, 0.29) is 9.04 Å². The SMILES string of the molecule is CC(C)n1c(=O)on(S(=O)(=O)c2ccc3ccccc3c2)c1=O. The molecule has 3 rings (SSSR count). The summed E-state index contributed by atoms with van der Waals surface area (Å²) in [4.78, 5) is 23.7. The first kappa shape index (κ1) is 15.3. The van der Waals surface area contributed by atoms with E-state index in [1.807, 2.05) is 12.1 Å². The van der Waals surface area contributed by atoms with Gasteiger partial charge in [0.2, 0.25) is 0 Å². The largest absolute Gasteiger partial charge is 0.443 e. The number of rotatable bonds is 3. The fourth-order valence-corrected chi connectivity index (χ4v) is 3.49. The molecule has 0 aliphatic carbocycles. The first-order chi connectivity index (χ1) is 10.8. The summed E-state index contributed by atoms with van der Waals surface area (Å²) in [5.74, 6) is -1.01. The summed E-state index contributed by atoms with van der Waals surface area (Å²) >= 11 is 0. The maximum atomic E-state index is 12.6. The van der Waals surface area contributed by atoms with Crippen molar-refractivity contribution in [1.29, 1.82) is 0 Å². The van der Waals surface area contributed by atoms with Crippen molar-refractivity contribution in [3.63, 3.8) is 0 Å². The van der Waals surface area contributed by atoms with Crippen LogP contribution in [0, 0.1) is 0 Å². The van der Waals surface area contributed by atoms with Crippen molar-refractivity contribution in [2.75, 3.05) is 0 Å². The maximum absolute atomic E-state index is 12.6. The summed E-state index contributed by atoms with van der Waals surface area (Å²) < 4.78 is 30.8. The molecular weight excluding hydrogens is 320 g/mol. The fourth-order valence-electron chi connectivity index (χ4n) is 2.33. The van der Waals surface area contributed by atoms with Crippen LogP contribution in [0.1, 0.15) is 19.9 Å². The number of hydrogen-bond acceptors (Lipinski definition) is 5. The summed E-state index contributed by atoms with van der Waals surface area (Å²) in [5.41, 5.74) is -1.02. The van der Waals surface area contributed by atoms with Gasteiger partial charge >= 0.3 is 11.4 Å². The third-order valence-corrected chi connectivity index (χ3v) is 4.99. The Kier molecular flexibility index (Phi) is 3.48. The van der Waals surface area contributed by atoms with Gasteiger partial charge in [-0.2, -0.15) is 8.42 Å². The average Bonchev–Trinajstić information content (AvgIpc) is 2.82. The zero-order valence-corrected chi connectivity index (χ0v) is 13.3. The van der Waals surface area contributed by atoms with E-state index in [1.54, 1.807) is 32.0 Å². The van der Waals surface area contributed by atoms with Crippen molar-refractivity contribution in [2.45, 2.75) is 24.8 Å². The third kappa shape index (κ3) is 2.40. The number of hydrogen-bond donors (Lipinski definition) is 0. The van der Waals surface area contributed by atoms with Crippen molar-refractivity contribution in [2.24, 2.45) is 0 Å². The molecule has 0 spiro atoms. The minimum atomic E-state index is -4.28. The molecule has 0 atom stereocenters. The van der Waals surface area contributed by atoms with Gasteiger partial charge in [0, 0.05) is 6.04 Å². The molecule has 0 bridgehead atoms. The van der Waals surface area contributed by atoms with Crippen LogP contribution in [0.15, 0.2) is 61.5 Å². The molecule has 0 aliphatic heterocycles. The van der Waals surface area contributed by atoms with E-state index in [1.165, 1.54) is 12.1 Å². The maximum Gasteiger partial charge on any atom is 0.443 e. The predicted octanol–water partition coefficient (Wildman–Crippen LogP) is 1.57. The molecule has 0 unspecified atom stereocenters. The lowest BCUT2D eigenvalue weighted by Crippen LogP contribution is -2.32. The Labute approximate surface area is 131 Å². The molecule has 120 valence electrons. The number of nitrogens with zero attached hydrogens (tertiary/aromatic N) is 2. The molecule has 7 nitrogen and oxygen atoms in total. The Morgan fingerprint density at radius 1 is 1.00 bits per heavy atom. The lowest BCUT2D eigenvalue weighted by atomic mass is 10.1. The number of benzene rings is 2. The Balaban J connectivity index is 2.24. The lowest BCUT2D eigenvalue weighted by molar-refractivity contribution is 0.328. The molecule has 0 fully saturated rings. The Bertz CT molecular complexity index is 1100. The van der Waals surface area contributed by atoms with Crippen LogP contribution >= 0.6 is 0 Å². The molecular formula is C15H14N2O5S. The highest BCUT2D eigenvalue weighted by molar-refractivity contribution is 7.89. The van der Waals surface area contributed by atoms with E-state index in [4.69, 9.17) is 0 Å². The van der Waals surface area contributed by atoms with Crippen LogP contribution in [0.4, 0.5) is 0 Å². The zero-order chi connectivity index (χ0) is 16.8. The molecule has 1 heterocycles. The van der Waals surface area contributed by atoms with E-state index in [9.17, 15) is 18.0 Å². The van der Waals surface area contributed by atoms with Gasteiger partial charge in [-0.05, 0) is 40.9 Å². The minimum Gasteiger partial charge on any atom is -0.301 e. The van der Waals surface area contributed by atoms with Crippen molar-refractivity contribution in [3.05, 3.63) is 63.5 Å². The van der Waals surface area contributed by atoms with Crippen LogP contribution in [-0.4, -0.2) is 17.1 Å².